The van der Waals surface area contributed by atoms with Crippen molar-refractivity contribution >= 4 is 12.1 Å². The maximum Gasteiger partial charge on any atom is 0.418 e. The molecule has 13 heavy (non-hydrogen) atoms. The molecule has 0 atom stereocenters. The topological polar surface area (TPSA) is 55.6 Å². The van der Waals surface area contributed by atoms with Gasteiger partial charge in [0.2, 0.25) is 0 Å². The minimum atomic E-state index is -0.410. The Bertz CT molecular complexity index is 318. The highest BCUT2D eigenvalue weighted by Crippen LogP contribution is 2.28. The fourth-order valence-electron chi connectivity index (χ4n) is 1.28. The number of carbonyl (C=O) groups excluding carboxylic acids is 1. The molecule has 2 heterocycles. The van der Waals surface area contributed by atoms with Crippen molar-refractivity contribution in [1.29, 1.82) is 0 Å². The quantitative estimate of drug-likeness (QED) is 0.658. The zero-order valence-electron chi connectivity index (χ0n) is 7.48. The smallest absolute Gasteiger partial charge is 0.418 e. The van der Waals surface area contributed by atoms with Gasteiger partial charge in [-0.05, 0) is 13.8 Å². The largest absolute Gasteiger partial charge is 0.447 e. The molecule has 0 spiro atoms. The first kappa shape index (κ1) is 8.10. The van der Waals surface area contributed by atoms with Gasteiger partial charge in [-0.2, -0.15) is 0 Å². The van der Waals surface area contributed by atoms with Gasteiger partial charge in [-0.15, -0.1) is 0 Å². The number of ether oxygens (including phenoxy) is 1. The van der Waals surface area contributed by atoms with Gasteiger partial charge in [0.25, 0.3) is 0 Å². The maximum atomic E-state index is 11.3. The van der Waals surface area contributed by atoms with Crippen LogP contribution in [0.15, 0.2) is 16.9 Å². The number of cyclic esters (lactones) is 1. The van der Waals surface area contributed by atoms with Crippen LogP contribution < -0.4 is 4.90 Å². The molecule has 5 heteroatoms. The van der Waals surface area contributed by atoms with E-state index in [4.69, 9.17) is 9.15 Å². The number of nitrogens with zero attached hydrogens (tertiary/aromatic N) is 2. The van der Waals surface area contributed by atoms with E-state index in [1.165, 1.54) is 17.4 Å². The van der Waals surface area contributed by atoms with Gasteiger partial charge in [0.1, 0.15) is 12.9 Å². The molecule has 1 fully saturated rings. The second-order valence-corrected chi connectivity index (χ2v) is 3.52. The fraction of sp³-hybridized carbons (Fsp3) is 0.500. The molecule has 0 radical (unpaired) electrons. The van der Waals surface area contributed by atoms with E-state index in [0.29, 0.717) is 6.61 Å². The summed E-state index contributed by atoms with van der Waals surface area (Å²) in [4.78, 5) is 16.6. The van der Waals surface area contributed by atoms with Crippen LogP contribution in [0.25, 0.3) is 0 Å². The predicted molar refractivity (Wildman–Crippen MR) is 44.4 cm³/mol. The van der Waals surface area contributed by atoms with Gasteiger partial charge in [0.15, 0.2) is 0 Å². The van der Waals surface area contributed by atoms with Crippen molar-refractivity contribution in [1.82, 2.24) is 4.98 Å². The van der Waals surface area contributed by atoms with Gasteiger partial charge < -0.3 is 9.15 Å². The van der Waals surface area contributed by atoms with Crippen LogP contribution in [0.4, 0.5) is 10.8 Å². The molecule has 0 unspecified atom stereocenters. The molecule has 2 rings (SSSR count). The van der Waals surface area contributed by atoms with Crippen LogP contribution in [0, 0.1) is 0 Å². The Kier molecular flexibility index (Phi) is 1.55. The molecule has 0 bridgehead atoms. The number of aromatic nitrogens is 1. The van der Waals surface area contributed by atoms with Crippen LogP contribution in [-0.2, 0) is 4.74 Å². The molecule has 70 valence electrons. The molecule has 0 N–H and O–H groups in total. The number of carbonyl (C=O) groups is 1. The van der Waals surface area contributed by atoms with E-state index in [0.717, 1.165) is 0 Å². The van der Waals surface area contributed by atoms with E-state index in [2.05, 4.69) is 4.98 Å². The lowest BCUT2D eigenvalue weighted by atomic mass is 10.1. The van der Waals surface area contributed by atoms with Gasteiger partial charge in [0, 0.05) is 0 Å². The summed E-state index contributed by atoms with van der Waals surface area (Å²) in [5.41, 5.74) is -0.387. The third-order valence-corrected chi connectivity index (χ3v) is 1.95. The molecule has 0 aromatic carbocycles. The van der Waals surface area contributed by atoms with Crippen LogP contribution >= 0.6 is 0 Å². The summed E-state index contributed by atoms with van der Waals surface area (Å²) in [6, 6.07) is 0.285. The van der Waals surface area contributed by atoms with Crippen molar-refractivity contribution in [2.45, 2.75) is 19.4 Å². The van der Waals surface area contributed by atoms with Crippen LogP contribution in [0.5, 0.6) is 0 Å². The summed E-state index contributed by atoms with van der Waals surface area (Å²) in [6.45, 7) is 4.14. The first-order chi connectivity index (χ1) is 6.11. The van der Waals surface area contributed by atoms with Gasteiger partial charge >= 0.3 is 12.1 Å². The molecular weight excluding hydrogens is 172 g/mol. The molecule has 0 saturated carbocycles. The third-order valence-electron chi connectivity index (χ3n) is 1.95. The average Bonchev–Trinajstić information content (AvgIpc) is 2.60. The van der Waals surface area contributed by atoms with Crippen molar-refractivity contribution in [2.24, 2.45) is 0 Å². The SMILES string of the molecule is CC1(C)COC(=O)N1c1ncco1. The van der Waals surface area contributed by atoms with E-state index in [1.807, 2.05) is 13.8 Å². The zero-order chi connectivity index (χ0) is 9.47. The summed E-state index contributed by atoms with van der Waals surface area (Å²) in [5.74, 6) is 0. The molecular formula is C8H10N2O3. The van der Waals surface area contributed by atoms with E-state index >= 15 is 0 Å². The first-order valence-corrected chi connectivity index (χ1v) is 3.98. The monoisotopic (exact) mass is 182 g/mol. The van der Waals surface area contributed by atoms with Crippen molar-refractivity contribution in [3.8, 4) is 0 Å². The number of rotatable bonds is 1. The molecule has 1 aliphatic heterocycles. The summed E-state index contributed by atoms with van der Waals surface area (Å²) in [5, 5.41) is 0. The highest BCUT2D eigenvalue weighted by molar-refractivity contribution is 5.88. The molecule has 1 aliphatic rings. The lowest BCUT2D eigenvalue weighted by Crippen LogP contribution is -2.42. The van der Waals surface area contributed by atoms with Crippen LogP contribution in [-0.4, -0.2) is 23.2 Å². The second-order valence-electron chi connectivity index (χ2n) is 3.52. The van der Waals surface area contributed by atoms with E-state index in [1.54, 1.807) is 0 Å². The van der Waals surface area contributed by atoms with Crippen molar-refractivity contribution < 1.29 is 13.9 Å². The van der Waals surface area contributed by atoms with Gasteiger partial charge in [-0.25, -0.2) is 14.7 Å². The zero-order valence-corrected chi connectivity index (χ0v) is 7.48. The third kappa shape index (κ3) is 1.16. The van der Waals surface area contributed by atoms with Crippen LogP contribution in [0.2, 0.25) is 0 Å². The minimum absolute atomic E-state index is 0.285. The molecule has 0 aliphatic carbocycles. The van der Waals surface area contributed by atoms with Crippen LogP contribution in [0.3, 0.4) is 0 Å². The molecule has 1 aromatic heterocycles. The standard InChI is InChI=1S/C8H10N2O3/c1-8(2)5-13-7(11)10(8)6-9-3-4-12-6/h3-4H,5H2,1-2H3. The van der Waals surface area contributed by atoms with Gasteiger partial charge in [0.05, 0.1) is 11.7 Å². The van der Waals surface area contributed by atoms with Gasteiger partial charge in [-0.3, -0.25) is 0 Å². The maximum absolute atomic E-state index is 11.3. The van der Waals surface area contributed by atoms with E-state index in [9.17, 15) is 4.79 Å². The molecule has 1 aromatic rings. The normalized spacial score (nSPS) is 20.5. The number of anilines is 1. The van der Waals surface area contributed by atoms with E-state index < -0.39 is 6.09 Å². The summed E-state index contributed by atoms with van der Waals surface area (Å²) >= 11 is 0. The summed E-state index contributed by atoms with van der Waals surface area (Å²) in [7, 11) is 0. The molecule has 1 amide bonds. The lowest BCUT2D eigenvalue weighted by molar-refractivity contribution is 0.175. The highest BCUT2D eigenvalue weighted by Gasteiger charge is 2.43. The van der Waals surface area contributed by atoms with Crippen molar-refractivity contribution in [3.05, 3.63) is 12.5 Å². The number of amides is 1. The van der Waals surface area contributed by atoms with E-state index in [-0.39, 0.29) is 11.6 Å². The summed E-state index contributed by atoms with van der Waals surface area (Å²) in [6.07, 6.45) is 2.51. The Labute approximate surface area is 75.3 Å². The Morgan fingerprint density at radius 1 is 1.62 bits per heavy atom. The van der Waals surface area contributed by atoms with Crippen molar-refractivity contribution in [2.75, 3.05) is 11.5 Å². The number of hydrogen-bond donors (Lipinski definition) is 0. The Hall–Kier alpha value is -1.52. The molecule has 5 nitrogen and oxygen atoms in total. The first-order valence-electron chi connectivity index (χ1n) is 3.98. The number of hydrogen-bond acceptors (Lipinski definition) is 4. The second kappa shape index (κ2) is 2.48. The highest BCUT2D eigenvalue weighted by atomic mass is 16.6. The lowest BCUT2D eigenvalue weighted by Gasteiger charge is -2.23. The number of oxazole rings is 1. The molecule has 1 saturated heterocycles. The Morgan fingerprint density at radius 3 is 2.85 bits per heavy atom. The predicted octanol–water partition coefficient (Wildman–Crippen LogP) is 1.41. The minimum Gasteiger partial charge on any atom is -0.447 e. The van der Waals surface area contributed by atoms with Crippen LogP contribution in [0.1, 0.15) is 13.8 Å². The van der Waals surface area contributed by atoms with Crippen molar-refractivity contribution in [3.63, 3.8) is 0 Å². The Morgan fingerprint density at radius 2 is 2.38 bits per heavy atom. The average molecular weight is 182 g/mol. The Balaban J connectivity index is 2.36. The summed E-state index contributed by atoms with van der Waals surface area (Å²) < 4.78 is 9.93. The fourth-order valence-corrected chi connectivity index (χ4v) is 1.28. The van der Waals surface area contributed by atoms with Gasteiger partial charge in [-0.1, -0.05) is 0 Å².